The highest BCUT2D eigenvalue weighted by atomic mass is 79.9. The molecule has 1 aromatic carbocycles. The molecule has 0 saturated heterocycles. The summed E-state index contributed by atoms with van der Waals surface area (Å²) < 4.78 is 27.3. The number of hydrogen-bond acceptors (Lipinski definition) is 1. The summed E-state index contributed by atoms with van der Waals surface area (Å²) in [5.41, 5.74) is 0.0228. The van der Waals surface area contributed by atoms with E-state index >= 15 is 0 Å². The second-order valence-corrected chi connectivity index (χ2v) is 4.94. The van der Waals surface area contributed by atoms with Gasteiger partial charge in [0, 0.05) is 17.9 Å². The molecule has 0 aliphatic heterocycles. The summed E-state index contributed by atoms with van der Waals surface area (Å²) in [5.74, 6) is -1.24. The van der Waals surface area contributed by atoms with Crippen molar-refractivity contribution in [3.8, 4) is 0 Å². The minimum atomic E-state index is -0.584. The third-order valence-electron chi connectivity index (χ3n) is 3.02. The Morgan fingerprint density at radius 2 is 2.12 bits per heavy atom. The minimum absolute atomic E-state index is 0.0228. The van der Waals surface area contributed by atoms with Crippen LogP contribution in [0.5, 0.6) is 0 Å². The van der Waals surface area contributed by atoms with Crippen molar-refractivity contribution in [1.82, 2.24) is 0 Å². The lowest BCUT2D eigenvalue weighted by atomic mass is 9.96. The summed E-state index contributed by atoms with van der Waals surface area (Å²) in [6.07, 6.45) is 2.29. The van der Waals surface area contributed by atoms with Crippen molar-refractivity contribution >= 4 is 21.7 Å². The predicted molar refractivity (Wildman–Crippen MR) is 60.1 cm³/mol. The molecule has 0 N–H and O–H groups in total. The van der Waals surface area contributed by atoms with Crippen molar-refractivity contribution in [2.45, 2.75) is 25.7 Å². The molecular formula is C12H11BrF2O. The number of carbonyl (C=O) groups is 1. The second-order valence-electron chi connectivity index (χ2n) is 4.08. The summed E-state index contributed by atoms with van der Waals surface area (Å²) in [6, 6.07) is 2.56. The van der Waals surface area contributed by atoms with Crippen molar-refractivity contribution < 1.29 is 13.6 Å². The first-order valence-electron chi connectivity index (χ1n) is 5.24. The van der Waals surface area contributed by atoms with Gasteiger partial charge in [0.15, 0.2) is 0 Å². The zero-order valence-corrected chi connectivity index (χ0v) is 10.2. The maximum atomic E-state index is 13.6. The molecule has 1 aliphatic carbocycles. The number of halogens is 3. The van der Waals surface area contributed by atoms with Crippen LogP contribution in [0.15, 0.2) is 16.6 Å². The van der Waals surface area contributed by atoms with E-state index in [9.17, 15) is 13.6 Å². The summed E-state index contributed by atoms with van der Waals surface area (Å²) in [4.78, 5) is 11.4. The van der Waals surface area contributed by atoms with Crippen LogP contribution in [0.25, 0.3) is 0 Å². The maximum Gasteiger partial charge on any atom is 0.143 e. The molecule has 86 valence electrons. The largest absolute Gasteiger partial charge is 0.299 e. The van der Waals surface area contributed by atoms with Gasteiger partial charge in [-0.3, -0.25) is 4.79 Å². The van der Waals surface area contributed by atoms with Gasteiger partial charge in [0.2, 0.25) is 0 Å². The van der Waals surface area contributed by atoms with Gasteiger partial charge in [-0.25, -0.2) is 8.78 Å². The van der Waals surface area contributed by atoms with E-state index in [2.05, 4.69) is 15.9 Å². The van der Waals surface area contributed by atoms with Gasteiger partial charge in [0.1, 0.15) is 17.4 Å². The number of rotatable bonds is 2. The molecule has 0 heterocycles. The lowest BCUT2D eigenvalue weighted by Gasteiger charge is -2.10. The van der Waals surface area contributed by atoms with Gasteiger partial charge in [-0.15, -0.1) is 0 Å². The first kappa shape index (κ1) is 11.7. The Hall–Kier alpha value is -0.770. The van der Waals surface area contributed by atoms with Crippen LogP contribution in [-0.2, 0) is 11.2 Å². The molecule has 0 aromatic heterocycles. The van der Waals surface area contributed by atoms with E-state index in [0.29, 0.717) is 6.42 Å². The Morgan fingerprint density at radius 1 is 1.38 bits per heavy atom. The standard InChI is InChI=1S/C12H11BrF2O/c13-9-4-5-10(14)8(12(9)15)6-7-2-1-3-11(7)16/h4-5,7H,1-3,6H2. The topological polar surface area (TPSA) is 17.1 Å². The van der Waals surface area contributed by atoms with Gasteiger partial charge < -0.3 is 0 Å². The SMILES string of the molecule is O=C1CCCC1Cc1c(F)ccc(Br)c1F. The molecule has 1 fully saturated rings. The molecule has 4 heteroatoms. The normalized spacial score (nSPS) is 20.4. The van der Waals surface area contributed by atoms with Crippen LogP contribution in [-0.4, -0.2) is 5.78 Å². The van der Waals surface area contributed by atoms with E-state index < -0.39 is 11.6 Å². The monoisotopic (exact) mass is 288 g/mol. The molecule has 0 amide bonds. The molecule has 0 spiro atoms. The van der Waals surface area contributed by atoms with Gasteiger partial charge in [-0.05, 0) is 47.3 Å². The predicted octanol–water partition coefficient (Wildman–Crippen LogP) is 3.64. The highest BCUT2D eigenvalue weighted by Gasteiger charge is 2.27. The van der Waals surface area contributed by atoms with Crippen molar-refractivity contribution in [3.63, 3.8) is 0 Å². The molecule has 1 nitrogen and oxygen atoms in total. The Morgan fingerprint density at radius 3 is 2.75 bits per heavy atom. The van der Waals surface area contributed by atoms with E-state index in [0.717, 1.165) is 12.8 Å². The Bertz CT molecular complexity index is 431. The summed E-state index contributed by atoms with van der Waals surface area (Å²) in [5, 5.41) is 0. The van der Waals surface area contributed by atoms with Gasteiger partial charge in [-0.1, -0.05) is 0 Å². The minimum Gasteiger partial charge on any atom is -0.299 e. The van der Waals surface area contributed by atoms with Crippen LogP contribution in [0.1, 0.15) is 24.8 Å². The third-order valence-corrected chi connectivity index (χ3v) is 3.63. The van der Waals surface area contributed by atoms with E-state index in [1.54, 1.807) is 0 Å². The highest BCUT2D eigenvalue weighted by molar-refractivity contribution is 9.10. The van der Waals surface area contributed by atoms with Crippen LogP contribution < -0.4 is 0 Å². The van der Waals surface area contributed by atoms with Gasteiger partial charge >= 0.3 is 0 Å². The van der Waals surface area contributed by atoms with Crippen LogP contribution in [0.2, 0.25) is 0 Å². The lowest BCUT2D eigenvalue weighted by Crippen LogP contribution is -2.12. The van der Waals surface area contributed by atoms with E-state index in [1.165, 1.54) is 12.1 Å². The molecule has 1 aromatic rings. The number of ketones is 1. The van der Waals surface area contributed by atoms with Gasteiger partial charge in [-0.2, -0.15) is 0 Å². The molecular weight excluding hydrogens is 278 g/mol. The second kappa shape index (κ2) is 4.62. The summed E-state index contributed by atoms with van der Waals surface area (Å²) in [6.45, 7) is 0. The average Bonchev–Trinajstić information content (AvgIpc) is 2.65. The molecule has 2 rings (SSSR count). The molecule has 0 bridgehead atoms. The van der Waals surface area contributed by atoms with E-state index in [4.69, 9.17) is 0 Å². The fraction of sp³-hybridized carbons (Fsp3) is 0.417. The van der Waals surface area contributed by atoms with Crippen molar-refractivity contribution in [2.24, 2.45) is 5.92 Å². The van der Waals surface area contributed by atoms with Gasteiger partial charge in [0.25, 0.3) is 0 Å². The van der Waals surface area contributed by atoms with E-state index in [-0.39, 0.29) is 28.2 Å². The number of hydrogen-bond donors (Lipinski definition) is 0. The van der Waals surface area contributed by atoms with Crippen LogP contribution in [0.3, 0.4) is 0 Å². The molecule has 16 heavy (non-hydrogen) atoms. The van der Waals surface area contributed by atoms with Crippen LogP contribution >= 0.6 is 15.9 Å². The maximum absolute atomic E-state index is 13.6. The van der Waals surface area contributed by atoms with Crippen LogP contribution in [0.4, 0.5) is 8.78 Å². The first-order valence-corrected chi connectivity index (χ1v) is 6.04. The van der Waals surface area contributed by atoms with Crippen molar-refractivity contribution in [1.29, 1.82) is 0 Å². The van der Waals surface area contributed by atoms with Crippen molar-refractivity contribution in [2.75, 3.05) is 0 Å². The zero-order chi connectivity index (χ0) is 11.7. The zero-order valence-electron chi connectivity index (χ0n) is 8.60. The van der Waals surface area contributed by atoms with E-state index in [1.807, 2.05) is 0 Å². The smallest absolute Gasteiger partial charge is 0.143 e. The van der Waals surface area contributed by atoms with Gasteiger partial charge in [0.05, 0.1) is 4.47 Å². The molecule has 1 atom stereocenters. The lowest BCUT2D eigenvalue weighted by molar-refractivity contribution is -0.120. The first-order chi connectivity index (χ1) is 7.59. The fourth-order valence-electron chi connectivity index (χ4n) is 2.11. The molecule has 1 saturated carbocycles. The molecule has 0 radical (unpaired) electrons. The molecule has 1 aliphatic rings. The highest BCUT2D eigenvalue weighted by Crippen LogP contribution is 2.29. The summed E-state index contributed by atoms with van der Waals surface area (Å²) >= 11 is 3.02. The number of Topliss-reactive ketones (excluding diaryl/α,β-unsaturated/α-hetero) is 1. The quantitative estimate of drug-likeness (QED) is 0.760. The third kappa shape index (κ3) is 2.17. The number of carbonyl (C=O) groups excluding carboxylic acids is 1. The molecule has 1 unspecified atom stereocenters. The Labute approximate surface area is 101 Å². The summed E-state index contributed by atoms with van der Waals surface area (Å²) in [7, 11) is 0. The van der Waals surface area contributed by atoms with Crippen LogP contribution in [0, 0.1) is 17.6 Å². The average molecular weight is 289 g/mol. The Balaban J connectivity index is 2.27. The van der Waals surface area contributed by atoms with Crippen molar-refractivity contribution in [3.05, 3.63) is 33.8 Å². The number of benzene rings is 1. The fourth-order valence-corrected chi connectivity index (χ4v) is 2.48. The Kier molecular flexibility index (Phi) is 3.38.